The molecule has 1 aromatic carbocycles. The molecule has 136 valence electrons. The second-order valence-electron chi connectivity index (χ2n) is 7.51. The van der Waals surface area contributed by atoms with Crippen LogP contribution in [0.2, 0.25) is 0 Å². The topological polar surface area (TPSA) is 82.3 Å². The number of anilines is 2. The van der Waals surface area contributed by atoms with Crippen molar-refractivity contribution < 1.29 is 9.59 Å². The summed E-state index contributed by atoms with van der Waals surface area (Å²) in [6.45, 7) is 5.54. The fraction of sp³-hybridized carbons (Fsp3) is 0.579. The Hall–Kier alpha value is -2.08. The Morgan fingerprint density at radius 1 is 1.12 bits per heavy atom. The third-order valence-electron chi connectivity index (χ3n) is 5.31. The van der Waals surface area contributed by atoms with E-state index in [0.29, 0.717) is 11.6 Å². The molecule has 1 aliphatic heterocycles. The van der Waals surface area contributed by atoms with Gasteiger partial charge < -0.3 is 21.3 Å². The van der Waals surface area contributed by atoms with Gasteiger partial charge in [-0.2, -0.15) is 0 Å². The van der Waals surface area contributed by atoms with Crippen LogP contribution in [-0.4, -0.2) is 31.1 Å². The summed E-state index contributed by atoms with van der Waals surface area (Å²) in [4.78, 5) is 24.6. The van der Waals surface area contributed by atoms with Crippen LogP contribution < -0.4 is 21.3 Å². The van der Waals surface area contributed by atoms with Crippen LogP contribution in [0.25, 0.3) is 0 Å². The molecule has 2 fully saturated rings. The molecule has 1 saturated carbocycles. The van der Waals surface area contributed by atoms with Gasteiger partial charge in [0.25, 0.3) is 0 Å². The summed E-state index contributed by atoms with van der Waals surface area (Å²) in [6, 6.07) is 7.13. The van der Waals surface area contributed by atoms with E-state index in [1.54, 1.807) is 12.1 Å². The van der Waals surface area contributed by atoms with E-state index in [9.17, 15) is 9.59 Å². The van der Waals surface area contributed by atoms with Gasteiger partial charge in [-0.15, -0.1) is 0 Å². The summed E-state index contributed by atoms with van der Waals surface area (Å²) in [5.74, 6) is 0.572. The van der Waals surface area contributed by atoms with Crippen molar-refractivity contribution in [2.24, 2.45) is 11.3 Å². The quantitative estimate of drug-likeness (QED) is 0.678. The highest BCUT2D eigenvalue weighted by molar-refractivity contribution is 5.96. The maximum atomic E-state index is 12.9. The molecule has 0 aromatic heterocycles. The van der Waals surface area contributed by atoms with Crippen molar-refractivity contribution in [2.45, 2.75) is 45.6 Å². The number of fused-ring (bicyclic) bond motifs is 1. The molecule has 4 N–H and O–H groups in total. The van der Waals surface area contributed by atoms with Crippen molar-refractivity contribution in [1.82, 2.24) is 10.6 Å². The first-order valence-electron chi connectivity index (χ1n) is 9.19. The average molecular weight is 344 g/mol. The molecule has 0 spiro atoms. The number of carbonyl (C=O) groups is 2. The lowest BCUT2D eigenvalue weighted by Crippen LogP contribution is -2.44. The van der Waals surface area contributed by atoms with E-state index in [2.05, 4.69) is 21.3 Å². The second kappa shape index (κ2) is 7.44. The van der Waals surface area contributed by atoms with E-state index in [-0.39, 0.29) is 23.4 Å². The van der Waals surface area contributed by atoms with Crippen molar-refractivity contribution in [2.75, 3.05) is 23.7 Å². The fourth-order valence-electron chi connectivity index (χ4n) is 4.01. The van der Waals surface area contributed by atoms with E-state index in [1.807, 2.05) is 26.0 Å². The molecule has 3 rings (SSSR count). The van der Waals surface area contributed by atoms with Crippen LogP contribution in [0.1, 0.15) is 39.5 Å². The third-order valence-corrected chi connectivity index (χ3v) is 5.31. The Balaban J connectivity index is 1.61. The maximum absolute atomic E-state index is 12.9. The van der Waals surface area contributed by atoms with Crippen LogP contribution in [-0.2, 0) is 4.79 Å². The third kappa shape index (κ3) is 3.95. The van der Waals surface area contributed by atoms with Gasteiger partial charge in [-0.1, -0.05) is 12.8 Å². The highest BCUT2D eigenvalue weighted by atomic mass is 16.2. The molecule has 1 aromatic rings. The maximum Gasteiger partial charge on any atom is 0.319 e. The van der Waals surface area contributed by atoms with Crippen LogP contribution in [0.3, 0.4) is 0 Å². The lowest BCUT2D eigenvalue weighted by atomic mass is 9.67. The second-order valence-corrected chi connectivity index (χ2v) is 7.51. The highest BCUT2D eigenvalue weighted by Gasteiger charge is 2.49. The molecule has 3 amide bonds. The van der Waals surface area contributed by atoms with Crippen molar-refractivity contribution >= 4 is 23.3 Å². The van der Waals surface area contributed by atoms with Gasteiger partial charge in [-0.3, -0.25) is 4.79 Å². The lowest BCUT2D eigenvalue weighted by molar-refractivity contribution is -0.128. The first-order chi connectivity index (χ1) is 12.0. The standard InChI is InChI=1S/C19H28N4O2/c1-13(2)21-18(25)23-16-8-6-15(7-9-16)22-17(24)19-10-4-3-5-14(19)11-20-12-19/h6-9,13-14,20H,3-5,10-12H2,1-2H3,(H,22,24)(H2,21,23,25)/t14-,19+/m0/s1. The van der Waals surface area contributed by atoms with Gasteiger partial charge >= 0.3 is 6.03 Å². The molecule has 1 aliphatic carbocycles. The van der Waals surface area contributed by atoms with Gasteiger partial charge in [-0.25, -0.2) is 4.79 Å². The molecule has 6 nitrogen and oxygen atoms in total. The van der Waals surface area contributed by atoms with E-state index in [4.69, 9.17) is 0 Å². The molecular weight excluding hydrogens is 316 g/mol. The van der Waals surface area contributed by atoms with Gasteiger partial charge in [0.15, 0.2) is 0 Å². The Morgan fingerprint density at radius 2 is 1.80 bits per heavy atom. The Bertz CT molecular complexity index is 629. The number of carbonyl (C=O) groups excluding carboxylic acids is 2. The minimum Gasteiger partial charge on any atom is -0.336 e. The van der Waals surface area contributed by atoms with Crippen LogP contribution in [0.4, 0.5) is 16.2 Å². The summed E-state index contributed by atoms with van der Waals surface area (Å²) in [6.07, 6.45) is 4.44. The monoisotopic (exact) mass is 344 g/mol. The van der Waals surface area contributed by atoms with Crippen molar-refractivity contribution in [3.05, 3.63) is 24.3 Å². The van der Waals surface area contributed by atoms with Crippen LogP contribution in [0.15, 0.2) is 24.3 Å². The Kier molecular flexibility index (Phi) is 5.27. The van der Waals surface area contributed by atoms with Gasteiger partial charge in [0, 0.05) is 24.0 Å². The van der Waals surface area contributed by atoms with Gasteiger partial charge in [0.2, 0.25) is 5.91 Å². The first kappa shape index (κ1) is 17.7. The SMILES string of the molecule is CC(C)NC(=O)Nc1ccc(NC(=O)[C@@]23CCCC[C@H]2CNC3)cc1. The smallest absolute Gasteiger partial charge is 0.319 e. The molecular formula is C19H28N4O2. The summed E-state index contributed by atoms with van der Waals surface area (Å²) in [5, 5.41) is 12.0. The summed E-state index contributed by atoms with van der Waals surface area (Å²) in [5.41, 5.74) is 1.21. The number of urea groups is 1. The Morgan fingerprint density at radius 3 is 2.48 bits per heavy atom. The number of rotatable bonds is 4. The normalized spacial score (nSPS) is 25.3. The van der Waals surface area contributed by atoms with E-state index >= 15 is 0 Å². The van der Waals surface area contributed by atoms with Crippen LogP contribution in [0, 0.1) is 11.3 Å². The Labute approximate surface area is 149 Å². The van der Waals surface area contributed by atoms with Crippen LogP contribution >= 0.6 is 0 Å². The number of benzene rings is 1. The predicted octanol–water partition coefficient (Wildman–Crippen LogP) is 2.93. The number of hydrogen-bond acceptors (Lipinski definition) is 3. The number of amides is 3. The predicted molar refractivity (Wildman–Crippen MR) is 99.6 cm³/mol. The highest BCUT2D eigenvalue weighted by Crippen LogP contribution is 2.44. The molecule has 25 heavy (non-hydrogen) atoms. The largest absolute Gasteiger partial charge is 0.336 e. The molecule has 1 heterocycles. The molecule has 6 heteroatoms. The van der Waals surface area contributed by atoms with Crippen molar-refractivity contribution in [1.29, 1.82) is 0 Å². The average Bonchev–Trinajstić information content (AvgIpc) is 3.01. The molecule has 0 radical (unpaired) electrons. The molecule has 0 bridgehead atoms. The van der Waals surface area contributed by atoms with Gasteiger partial charge in [-0.05, 0) is 63.4 Å². The summed E-state index contributed by atoms with van der Waals surface area (Å²) in [7, 11) is 0. The number of hydrogen-bond donors (Lipinski definition) is 4. The van der Waals surface area contributed by atoms with Crippen LogP contribution in [0.5, 0.6) is 0 Å². The minimum absolute atomic E-state index is 0.0845. The minimum atomic E-state index is -0.258. The molecule has 1 saturated heterocycles. The summed E-state index contributed by atoms with van der Waals surface area (Å²) >= 11 is 0. The molecule has 0 unspecified atom stereocenters. The summed E-state index contributed by atoms with van der Waals surface area (Å²) < 4.78 is 0. The van der Waals surface area contributed by atoms with Gasteiger partial charge in [0.1, 0.15) is 0 Å². The van der Waals surface area contributed by atoms with Crippen molar-refractivity contribution in [3.8, 4) is 0 Å². The number of nitrogens with one attached hydrogen (secondary N) is 4. The van der Waals surface area contributed by atoms with E-state index in [0.717, 1.165) is 38.0 Å². The zero-order valence-electron chi connectivity index (χ0n) is 15.0. The van der Waals surface area contributed by atoms with Gasteiger partial charge in [0.05, 0.1) is 5.41 Å². The molecule has 2 atom stereocenters. The van der Waals surface area contributed by atoms with Crippen molar-refractivity contribution in [3.63, 3.8) is 0 Å². The first-order valence-corrected chi connectivity index (χ1v) is 9.19. The lowest BCUT2D eigenvalue weighted by Gasteiger charge is -2.37. The van der Waals surface area contributed by atoms with E-state index in [1.165, 1.54) is 6.42 Å². The van der Waals surface area contributed by atoms with E-state index < -0.39 is 0 Å². The fourth-order valence-corrected chi connectivity index (χ4v) is 4.01. The zero-order valence-corrected chi connectivity index (χ0v) is 15.0. The zero-order chi connectivity index (χ0) is 17.9. The molecule has 2 aliphatic rings.